The molecular formula is C17H24N4O5S. The Bertz CT molecular complexity index is 906. The summed E-state index contributed by atoms with van der Waals surface area (Å²) in [6.07, 6.45) is 3.56. The van der Waals surface area contributed by atoms with Crippen molar-refractivity contribution in [2.75, 3.05) is 32.5 Å². The maximum atomic E-state index is 12.5. The molecule has 10 heteroatoms. The lowest BCUT2D eigenvalue weighted by Crippen LogP contribution is -2.39. The van der Waals surface area contributed by atoms with Crippen LogP contribution in [-0.4, -0.2) is 72.1 Å². The van der Waals surface area contributed by atoms with Crippen LogP contribution in [0.3, 0.4) is 0 Å². The number of nitrogens with zero attached hydrogens (tertiary/aromatic N) is 3. The van der Waals surface area contributed by atoms with Crippen LogP contribution >= 0.6 is 0 Å². The molecule has 0 aromatic carbocycles. The first-order valence-corrected chi connectivity index (χ1v) is 11.2. The summed E-state index contributed by atoms with van der Waals surface area (Å²) in [6.45, 7) is 2.15. The fourth-order valence-electron chi connectivity index (χ4n) is 4.07. The van der Waals surface area contributed by atoms with Crippen LogP contribution in [0.4, 0.5) is 0 Å². The fourth-order valence-corrected chi connectivity index (χ4v) is 4.85. The van der Waals surface area contributed by atoms with Crippen LogP contribution in [-0.2, 0) is 32.5 Å². The maximum absolute atomic E-state index is 12.5. The van der Waals surface area contributed by atoms with Gasteiger partial charge in [-0.3, -0.25) is 9.59 Å². The van der Waals surface area contributed by atoms with Gasteiger partial charge in [0.15, 0.2) is 0 Å². The van der Waals surface area contributed by atoms with Crippen molar-refractivity contribution in [2.45, 2.75) is 44.2 Å². The van der Waals surface area contributed by atoms with Crippen LogP contribution in [0.2, 0.25) is 0 Å². The number of rotatable bonds is 3. The van der Waals surface area contributed by atoms with E-state index in [0.717, 1.165) is 25.5 Å². The number of fused-ring (bicyclic) bond motifs is 1. The van der Waals surface area contributed by atoms with Crippen molar-refractivity contribution in [2.24, 2.45) is 0 Å². The third-order valence-corrected chi connectivity index (χ3v) is 6.87. The Morgan fingerprint density at radius 1 is 1.30 bits per heavy atom. The molecule has 1 N–H and O–H groups in total. The monoisotopic (exact) mass is 396 g/mol. The van der Waals surface area contributed by atoms with E-state index in [1.807, 2.05) is 0 Å². The Hall–Kier alpha value is -1.78. The van der Waals surface area contributed by atoms with Crippen LogP contribution < -0.4 is 5.56 Å². The Balaban J connectivity index is 1.53. The van der Waals surface area contributed by atoms with Crippen LogP contribution in [0.15, 0.2) is 4.79 Å². The summed E-state index contributed by atoms with van der Waals surface area (Å²) in [5.74, 6) is 0.497. The Kier molecular flexibility index (Phi) is 4.81. The number of sulfonamides is 1. The van der Waals surface area contributed by atoms with Crippen molar-refractivity contribution in [3.8, 4) is 0 Å². The summed E-state index contributed by atoms with van der Waals surface area (Å²) < 4.78 is 30.5. The van der Waals surface area contributed by atoms with Crippen molar-refractivity contribution in [1.29, 1.82) is 0 Å². The molecule has 1 aromatic heterocycles. The standard InChI is InChI=1S/C17H24N4O5S/c1-27(24,25)21-7-5-12-13(10-21)18-15(19-16(12)22)11-4-6-20(9-11)17(23)14-3-2-8-26-14/h11,14H,2-10H2,1H3,(H,18,19,22). The van der Waals surface area contributed by atoms with E-state index in [1.54, 1.807) is 4.90 Å². The van der Waals surface area contributed by atoms with E-state index >= 15 is 0 Å². The van der Waals surface area contributed by atoms with Gasteiger partial charge in [-0.1, -0.05) is 0 Å². The smallest absolute Gasteiger partial charge is 0.254 e. The molecule has 1 amide bonds. The second-order valence-electron chi connectivity index (χ2n) is 7.49. The first kappa shape index (κ1) is 18.6. The van der Waals surface area contributed by atoms with E-state index in [-0.39, 0.29) is 30.0 Å². The van der Waals surface area contributed by atoms with Crippen molar-refractivity contribution < 1.29 is 17.9 Å². The zero-order valence-corrected chi connectivity index (χ0v) is 16.1. The lowest BCUT2D eigenvalue weighted by Gasteiger charge is -2.26. The molecule has 9 nitrogen and oxygen atoms in total. The van der Waals surface area contributed by atoms with Gasteiger partial charge in [0.1, 0.15) is 11.9 Å². The number of amides is 1. The minimum atomic E-state index is -3.33. The highest BCUT2D eigenvalue weighted by molar-refractivity contribution is 7.88. The van der Waals surface area contributed by atoms with Gasteiger partial charge in [0.05, 0.1) is 18.5 Å². The van der Waals surface area contributed by atoms with Gasteiger partial charge in [-0.15, -0.1) is 0 Å². The van der Waals surface area contributed by atoms with E-state index in [2.05, 4.69) is 9.97 Å². The van der Waals surface area contributed by atoms with Gasteiger partial charge >= 0.3 is 0 Å². The van der Waals surface area contributed by atoms with Gasteiger partial charge in [-0.25, -0.2) is 13.4 Å². The number of carbonyl (C=O) groups excluding carboxylic acids is 1. The summed E-state index contributed by atoms with van der Waals surface area (Å²) in [6, 6.07) is 0. The van der Waals surface area contributed by atoms with E-state index < -0.39 is 10.0 Å². The molecule has 2 saturated heterocycles. The predicted molar refractivity (Wildman–Crippen MR) is 96.7 cm³/mol. The first-order chi connectivity index (χ1) is 12.8. The average molecular weight is 396 g/mol. The van der Waals surface area contributed by atoms with Gasteiger partial charge in [0, 0.05) is 37.7 Å². The number of hydrogen-bond acceptors (Lipinski definition) is 6. The minimum Gasteiger partial charge on any atom is -0.368 e. The number of H-pyrrole nitrogens is 1. The molecule has 0 radical (unpaired) electrons. The highest BCUT2D eigenvalue weighted by Crippen LogP contribution is 2.27. The molecule has 1 aromatic rings. The second-order valence-corrected chi connectivity index (χ2v) is 9.48. The topological polar surface area (TPSA) is 113 Å². The van der Waals surface area contributed by atoms with Gasteiger partial charge in [-0.2, -0.15) is 4.31 Å². The van der Waals surface area contributed by atoms with Crippen LogP contribution in [0.1, 0.15) is 42.3 Å². The fraction of sp³-hybridized carbons (Fsp3) is 0.706. The molecule has 3 aliphatic rings. The number of aromatic amines is 1. The van der Waals surface area contributed by atoms with Crippen molar-refractivity contribution in [3.05, 3.63) is 27.4 Å². The van der Waals surface area contributed by atoms with Gasteiger partial charge in [0.25, 0.3) is 11.5 Å². The van der Waals surface area contributed by atoms with Crippen LogP contribution in [0, 0.1) is 0 Å². The molecule has 3 aliphatic heterocycles. The number of hydrogen-bond donors (Lipinski definition) is 1. The third kappa shape index (κ3) is 3.65. The van der Waals surface area contributed by atoms with Crippen molar-refractivity contribution >= 4 is 15.9 Å². The third-order valence-electron chi connectivity index (χ3n) is 5.62. The van der Waals surface area contributed by atoms with E-state index in [4.69, 9.17) is 4.74 Å². The van der Waals surface area contributed by atoms with E-state index in [9.17, 15) is 18.0 Å². The van der Waals surface area contributed by atoms with Gasteiger partial charge < -0.3 is 14.6 Å². The second kappa shape index (κ2) is 6.99. The Morgan fingerprint density at radius 3 is 2.81 bits per heavy atom. The summed E-state index contributed by atoms with van der Waals surface area (Å²) >= 11 is 0. The number of likely N-dealkylation sites (tertiary alicyclic amines) is 1. The van der Waals surface area contributed by atoms with Crippen LogP contribution in [0.5, 0.6) is 0 Å². The number of ether oxygens (including phenoxy) is 1. The molecule has 0 aliphatic carbocycles. The minimum absolute atomic E-state index is 0.0126. The lowest BCUT2D eigenvalue weighted by atomic mass is 10.1. The predicted octanol–water partition coefficient (Wildman–Crippen LogP) is -0.417. The highest BCUT2D eigenvalue weighted by atomic mass is 32.2. The van der Waals surface area contributed by atoms with Gasteiger partial charge in [-0.05, 0) is 25.7 Å². The summed E-state index contributed by atoms with van der Waals surface area (Å²) in [4.78, 5) is 34.2. The summed E-state index contributed by atoms with van der Waals surface area (Å²) in [5.41, 5.74) is 0.880. The largest absolute Gasteiger partial charge is 0.368 e. The highest BCUT2D eigenvalue weighted by Gasteiger charge is 2.35. The Morgan fingerprint density at radius 2 is 2.11 bits per heavy atom. The average Bonchev–Trinajstić information content (AvgIpc) is 3.32. The van der Waals surface area contributed by atoms with Crippen molar-refractivity contribution in [1.82, 2.24) is 19.2 Å². The quantitative estimate of drug-likeness (QED) is 0.743. The zero-order valence-electron chi connectivity index (χ0n) is 15.3. The van der Waals surface area contributed by atoms with Crippen molar-refractivity contribution in [3.63, 3.8) is 0 Å². The number of aromatic nitrogens is 2. The van der Waals surface area contributed by atoms with Crippen LogP contribution in [0.25, 0.3) is 0 Å². The molecule has 0 spiro atoms. The number of carbonyl (C=O) groups is 1. The SMILES string of the molecule is CS(=O)(=O)N1CCc2c(nc(C3CCN(C(=O)C4CCCO4)C3)[nH]c2=O)C1. The molecule has 148 valence electrons. The van der Waals surface area contributed by atoms with E-state index in [1.165, 1.54) is 4.31 Å². The number of nitrogens with one attached hydrogen (secondary N) is 1. The zero-order chi connectivity index (χ0) is 19.2. The molecule has 2 fully saturated rings. The molecule has 4 rings (SSSR count). The maximum Gasteiger partial charge on any atom is 0.254 e. The van der Waals surface area contributed by atoms with Gasteiger partial charge in [0.2, 0.25) is 10.0 Å². The summed E-state index contributed by atoms with van der Waals surface area (Å²) in [7, 11) is -3.33. The molecule has 4 heterocycles. The molecule has 27 heavy (non-hydrogen) atoms. The first-order valence-electron chi connectivity index (χ1n) is 9.30. The molecule has 0 bridgehead atoms. The molecule has 2 atom stereocenters. The molecule has 2 unspecified atom stereocenters. The molecular weight excluding hydrogens is 372 g/mol. The summed E-state index contributed by atoms with van der Waals surface area (Å²) in [5, 5.41) is 0. The van der Waals surface area contributed by atoms with E-state index in [0.29, 0.717) is 49.7 Å². The molecule has 0 saturated carbocycles. The normalized spacial score (nSPS) is 26.3. The lowest BCUT2D eigenvalue weighted by molar-refractivity contribution is -0.139. The Labute approximate surface area is 157 Å².